The van der Waals surface area contributed by atoms with Crippen LogP contribution in [0.5, 0.6) is 0 Å². The average molecular weight is 564 g/mol. The summed E-state index contributed by atoms with van der Waals surface area (Å²) in [7, 11) is 0. The number of halogens is 1. The van der Waals surface area contributed by atoms with E-state index in [1.165, 1.54) is 11.1 Å². The van der Waals surface area contributed by atoms with Crippen LogP contribution in [-0.4, -0.2) is 34.3 Å². The number of nitrogens with zero attached hydrogens (tertiary/aromatic N) is 7. The van der Waals surface area contributed by atoms with Crippen LogP contribution in [0, 0.1) is 0 Å². The maximum absolute atomic E-state index is 6.31. The molecule has 7 rings (SSSR count). The number of aryl methyl sites for hydroxylation is 1. The molecule has 5 heterocycles. The first kappa shape index (κ1) is 22.6. The van der Waals surface area contributed by atoms with E-state index >= 15 is 0 Å². The van der Waals surface area contributed by atoms with Crippen molar-refractivity contribution < 1.29 is 0 Å². The van der Waals surface area contributed by atoms with Crippen LogP contribution in [0.2, 0.25) is 0 Å². The van der Waals surface area contributed by atoms with E-state index in [2.05, 4.69) is 59.1 Å². The number of hydrogen-bond donors (Lipinski definition) is 2. The number of nitrogens with two attached hydrogens (primary N) is 1. The van der Waals surface area contributed by atoms with Gasteiger partial charge in [0.15, 0.2) is 17.3 Å². The lowest BCUT2D eigenvalue weighted by molar-refractivity contribution is 0.760. The summed E-state index contributed by atoms with van der Waals surface area (Å²) >= 11 is 3.55. The summed E-state index contributed by atoms with van der Waals surface area (Å²) in [5.74, 6) is 1.83. The minimum absolute atomic E-state index is 0.206. The third-order valence-electron chi connectivity index (χ3n) is 6.86. The van der Waals surface area contributed by atoms with E-state index < -0.39 is 0 Å². The second-order valence-corrected chi connectivity index (χ2v) is 9.88. The van der Waals surface area contributed by atoms with Gasteiger partial charge in [0.1, 0.15) is 15.9 Å². The maximum atomic E-state index is 6.31. The second kappa shape index (κ2) is 9.07. The Labute approximate surface area is 226 Å². The van der Waals surface area contributed by atoms with E-state index in [4.69, 9.17) is 15.7 Å². The van der Waals surface area contributed by atoms with E-state index in [1.54, 1.807) is 23.3 Å². The number of nitrogen functional groups attached to an aromatic ring is 1. The molecule has 5 aromatic heterocycles. The molecule has 10 heteroatoms. The number of fused-ring (bicyclic) bond motifs is 2. The average Bonchev–Trinajstić information content (AvgIpc) is 3.69. The molecule has 186 valence electrons. The van der Waals surface area contributed by atoms with Crippen LogP contribution < -0.4 is 11.1 Å². The van der Waals surface area contributed by atoms with E-state index in [-0.39, 0.29) is 6.04 Å². The van der Waals surface area contributed by atoms with Crippen LogP contribution in [0.1, 0.15) is 23.6 Å². The van der Waals surface area contributed by atoms with Gasteiger partial charge < -0.3 is 11.1 Å². The molecule has 0 fully saturated rings. The SMILES string of the molecule is Nc1ncccc1-c1nc2ccc(-n3cccn3)nc2n1-c1ccc2c(c1)CCC2Nc1cccnc1Br. The highest BCUT2D eigenvalue weighted by Gasteiger charge is 2.25. The Kier molecular flexibility index (Phi) is 5.40. The van der Waals surface area contributed by atoms with Crippen LogP contribution in [-0.2, 0) is 6.42 Å². The highest BCUT2D eigenvalue weighted by Crippen LogP contribution is 2.38. The first-order valence-electron chi connectivity index (χ1n) is 12.3. The lowest BCUT2D eigenvalue weighted by Crippen LogP contribution is -2.08. The van der Waals surface area contributed by atoms with Gasteiger partial charge in [-0.25, -0.2) is 24.6 Å². The molecule has 0 radical (unpaired) electrons. The summed E-state index contributed by atoms with van der Waals surface area (Å²) < 4.78 is 4.62. The molecule has 1 aliphatic rings. The molecule has 38 heavy (non-hydrogen) atoms. The minimum atomic E-state index is 0.206. The van der Waals surface area contributed by atoms with Crippen molar-refractivity contribution in [1.82, 2.24) is 34.3 Å². The molecule has 3 N–H and O–H groups in total. The summed E-state index contributed by atoms with van der Waals surface area (Å²) in [5, 5.41) is 7.99. The van der Waals surface area contributed by atoms with Gasteiger partial charge in [0.2, 0.25) is 0 Å². The van der Waals surface area contributed by atoms with E-state index in [9.17, 15) is 0 Å². The van der Waals surface area contributed by atoms with Crippen molar-refractivity contribution in [3.63, 3.8) is 0 Å². The predicted molar refractivity (Wildman–Crippen MR) is 150 cm³/mol. The molecule has 1 unspecified atom stereocenters. The molecule has 0 saturated carbocycles. The summed E-state index contributed by atoms with van der Waals surface area (Å²) in [6.45, 7) is 0. The predicted octanol–water partition coefficient (Wildman–Crippen LogP) is 5.51. The molecule has 1 atom stereocenters. The van der Waals surface area contributed by atoms with Crippen molar-refractivity contribution in [2.45, 2.75) is 18.9 Å². The number of hydrogen-bond acceptors (Lipinski definition) is 7. The topological polar surface area (TPSA) is 112 Å². The zero-order valence-electron chi connectivity index (χ0n) is 20.2. The van der Waals surface area contributed by atoms with Crippen LogP contribution in [0.4, 0.5) is 11.5 Å². The Hall–Kier alpha value is -4.57. The first-order chi connectivity index (χ1) is 18.7. The molecule has 0 amide bonds. The maximum Gasteiger partial charge on any atom is 0.167 e. The lowest BCUT2D eigenvalue weighted by Gasteiger charge is -2.17. The van der Waals surface area contributed by atoms with Crippen molar-refractivity contribution in [3.8, 4) is 22.9 Å². The van der Waals surface area contributed by atoms with Gasteiger partial charge in [-0.05, 0) is 94.5 Å². The third-order valence-corrected chi connectivity index (χ3v) is 7.49. The molecule has 0 spiro atoms. The monoisotopic (exact) mass is 563 g/mol. The van der Waals surface area contributed by atoms with Crippen LogP contribution in [0.25, 0.3) is 34.1 Å². The molecule has 0 bridgehead atoms. The number of benzene rings is 1. The molecular formula is C28H22BrN9. The number of rotatable bonds is 5. The number of nitrogens with one attached hydrogen (secondary N) is 1. The van der Waals surface area contributed by atoms with E-state index in [1.807, 2.05) is 48.7 Å². The van der Waals surface area contributed by atoms with Crippen molar-refractivity contribution in [2.75, 3.05) is 11.1 Å². The smallest absolute Gasteiger partial charge is 0.167 e. The summed E-state index contributed by atoms with van der Waals surface area (Å²) in [5.41, 5.74) is 13.1. The van der Waals surface area contributed by atoms with Crippen molar-refractivity contribution in [1.29, 1.82) is 0 Å². The fourth-order valence-electron chi connectivity index (χ4n) is 5.09. The molecule has 6 aromatic rings. The summed E-state index contributed by atoms with van der Waals surface area (Å²) in [4.78, 5) is 18.5. The van der Waals surface area contributed by atoms with Gasteiger partial charge in [-0.3, -0.25) is 4.57 Å². The van der Waals surface area contributed by atoms with Gasteiger partial charge in [-0.1, -0.05) is 6.07 Å². The van der Waals surface area contributed by atoms with Crippen molar-refractivity contribution in [3.05, 3.63) is 101 Å². The Morgan fingerprint density at radius 2 is 1.84 bits per heavy atom. The summed E-state index contributed by atoms with van der Waals surface area (Å²) in [6, 6.07) is 20.3. The zero-order valence-corrected chi connectivity index (χ0v) is 21.7. The van der Waals surface area contributed by atoms with Crippen LogP contribution >= 0.6 is 15.9 Å². The third kappa shape index (κ3) is 3.81. The van der Waals surface area contributed by atoms with Gasteiger partial charge in [-0.2, -0.15) is 5.10 Å². The van der Waals surface area contributed by atoms with E-state index in [0.717, 1.165) is 45.5 Å². The Morgan fingerprint density at radius 1 is 0.947 bits per heavy atom. The standard InChI is InChI=1S/C28H22BrN9/c29-25-22(5-2-12-31-25)34-21-9-6-17-16-18(7-8-19(17)21)38-27(20-4-1-13-32-26(20)30)35-23-10-11-24(36-28(23)38)37-15-3-14-33-37/h1-5,7-8,10-16,21,34H,6,9H2,(H2,30,32). The molecule has 1 aliphatic carbocycles. The Bertz CT molecular complexity index is 1790. The van der Waals surface area contributed by atoms with Crippen LogP contribution in [0.15, 0.2) is 90.1 Å². The Morgan fingerprint density at radius 3 is 2.68 bits per heavy atom. The summed E-state index contributed by atoms with van der Waals surface area (Å²) in [6.07, 6.45) is 9.02. The van der Waals surface area contributed by atoms with Gasteiger partial charge >= 0.3 is 0 Å². The number of pyridine rings is 3. The Balaban J connectivity index is 1.36. The fraction of sp³-hybridized carbons (Fsp3) is 0.107. The van der Waals surface area contributed by atoms with Gasteiger partial charge in [0.05, 0.1) is 17.3 Å². The molecule has 1 aromatic carbocycles. The van der Waals surface area contributed by atoms with Crippen molar-refractivity contribution >= 4 is 38.6 Å². The first-order valence-corrected chi connectivity index (χ1v) is 13.1. The van der Waals surface area contributed by atoms with E-state index in [0.29, 0.717) is 17.5 Å². The largest absolute Gasteiger partial charge is 0.383 e. The quantitative estimate of drug-likeness (QED) is 0.266. The molecule has 0 saturated heterocycles. The zero-order chi connectivity index (χ0) is 25.6. The van der Waals surface area contributed by atoms with Crippen molar-refractivity contribution in [2.24, 2.45) is 0 Å². The van der Waals surface area contributed by atoms with Gasteiger partial charge in [0, 0.05) is 30.5 Å². The highest BCUT2D eigenvalue weighted by molar-refractivity contribution is 9.10. The second-order valence-electron chi connectivity index (χ2n) is 9.13. The number of aromatic nitrogens is 7. The minimum Gasteiger partial charge on any atom is -0.383 e. The van der Waals surface area contributed by atoms with Gasteiger partial charge in [-0.15, -0.1) is 0 Å². The fourth-order valence-corrected chi connectivity index (χ4v) is 5.45. The highest BCUT2D eigenvalue weighted by atomic mass is 79.9. The lowest BCUT2D eigenvalue weighted by atomic mass is 10.1. The molecule has 0 aliphatic heterocycles. The van der Waals surface area contributed by atoms with Crippen LogP contribution in [0.3, 0.4) is 0 Å². The molecular weight excluding hydrogens is 542 g/mol. The number of imidazole rings is 1. The van der Waals surface area contributed by atoms with Gasteiger partial charge in [0.25, 0.3) is 0 Å². The molecule has 9 nitrogen and oxygen atoms in total. The number of anilines is 2. The normalized spacial score (nSPS) is 14.6.